The molecule has 2 N–H and O–H groups in total. The highest BCUT2D eigenvalue weighted by Crippen LogP contribution is 2.29. The molecule has 8 nitrogen and oxygen atoms in total. The van der Waals surface area contributed by atoms with E-state index in [-0.39, 0.29) is 11.7 Å². The van der Waals surface area contributed by atoms with Crippen molar-refractivity contribution < 1.29 is 14.3 Å². The number of hydrogen-bond donors (Lipinski definition) is 2. The lowest BCUT2D eigenvalue weighted by Crippen LogP contribution is -2.15. The van der Waals surface area contributed by atoms with Crippen LogP contribution in [0.2, 0.25) is 5.02 Å². The van der Waals surface area contributed by atoms with Gasteiger partial charge in [0.2, 0.25) is 11.1 Å². The number of H-pyrrole nitrogens is 1. The molecule has 0 saturated heterocycles. The molecule has 0 spiro atoms. The Morgan fingerprint density at radius 2 is 1.97 bits per heavy atom. The van der Waals surface area contributed by atoms with E-state index in [1.165, 1.54) is 6.07 Å². The van der Waals surface area contributed by atoms with Crippen LogP contribution in [0.25, 0.3) is 11.4 Å². The molecule has 10 heteroatoms. The fourth-order valence-electron chi connectivity index (χ4n) is 2.42. The predicted molar refractivity (Wildman–Crippen MR) is 110 cm³/mol. The molecular formula is C19H16ClN5O3S. The first-order chi connectivity index (χ1) is 14.0. The van der Waals surface area contributed by atoms with E-state index in [4.69, 9.17) is 26.3 Å². The van der Waals surface area contributed by atoms with Gasteiger partial charge in [-0.3, -0.25) is 9.89 Å². The molecule has 1 heterocycles. The number of nitrogens with one attached hydrogen (secondary N) is 2. The molecular weight excluding hydrogens is 414 g/mol. The fourth-order valence-corrected chi connectivity index (χ4v) is 3.19. The number of amides is 1. The van der Waals surface area contributed by atoms with E-state index in [0.29, 0.717) is 38.8 Å². The summed E-state index contributed by atoms with van der Waals surface area (Å²) in [6.45, 7) is 0. The van der Waals surface area contributed by atoms with Gasteiger partial charge in [-0.05, 0) is 30.3 Å². The van der Waals surface area contributed by atoms with Crippen LogP contribution in [-0.4, -0.2) is 41.1 Å². The zero-order chi connectivity index (χ0) is 20.8. The third-order valence-corrected chi connectivity index (χ3v) is 4.88. The molecule has 148 valence electrons. The number of ether oxygens (including phenoxy) is 2. The number of carbonyl (C=O) groups excluding carboxylic acids is 1. The van der Waals surface area contributed by atoms with Crippen molar-refractivity contribution in [3.8, 4) is 29.0 Å². The van der Waals surface area contributed by atoms with Crippen molar-refractivity contribution in [2.24, 2.45) is 0 Å². The minimum Gasteiger partial charge on any atom is -0.497 e. The van der Waals surface area contributed by atoms with Crippen molar-refractivity contribution in [1.82, 2.24) is 15.2 Å². The van der Waals surface area contributed by atoms with Crippen LogP contribution in [0.1, 0.15) is 5.56 Å². The average molecular weight is 430 g/mol. The molecule has 2 aromatic carbocycles. The maximum absolute atomic E-state index is 12.2. The van der Waals surface area contributed by atoms with E-state index in [1.54, 1.807) is 44.6 Å². The first kappa shape index (κ1) is 20.5. The predicted octanol–water partition coefficient (Wildman–Crippen LogP) is 3.74. The highest BCUT2D eigenvalue weighted by atomic mass is 35.5. The van der Waals surface area contributed by atoms with Crippen LogP contribution in [0.5, 0.6) is 11.5 Å². The van der Waals surface area contributed by atoms with Crippen molar-refractivity contribution in [2.75, 3.05) is 25.3 Å². The van der Waals surface area contributed by atoms with Crippen molar-refractivity contribution in [2.45, 2.75) is 5.16 Å². The van der Waals surface area contributed by atoms with Gasteiger partial charge in [0.25, 0.3) is 0 Å². The van der Waals surface area contributed by atoms with Crippen LogP contribution < -0.4 is 14.8 Å². The minimum atomic E-state index is -0.303. The Kier molecular flexibility index (Phi) is 6.59. The monoisotopic (exact) mass is 429 g/mol. The second-order valence-electron chi connectivity index (χ2n) is 5.71. The van der Waals surface area contributed by atoms with Gasteiger partial charge in [0.05, 0.1) is 31.2 Å². The molecule has 29 heavy (non-hydrogen) atoms. The van der Waals surface area contributed by atoms with Gasteiger partial charge in [-0.2, -0.15) is 5.26 Å². The number of nitriles is 1. The SMILES string of the molecule is COc1cc(OC)cc(-c2nc(SCC(=O)Nc3cc(Cl)ccc3C#N)n[nH]2)c1. The number of benzene rings is 2. The number of aromatic nitrogens is 3. The maximum Gasteiger partial charge on any atom is 0.234 e. The van der Waals surface area contributed by atoms with Gasteiger partial charge in [-0.15, -0.1) is 5.10 Å². The van der Waals surface area contributed by atoms with E-state index >= 15 is 0 Å². The topological polar surface area (TPSA) is 113 Å². The van der Waals surface area contributed by atoms with Gasteiger partial charge in [0, 0.05) is 16.7 Å². The summed E-state index contributed by atoms with van der Waals surface area (Å²) in [5.41, 5.74) is 1.44. The number of aromatic amines is 1. The van der Waals surface area contributed by atoms with Gasteiger partial charge in [0.15, 0.2) is 5.82 Å². The summed E-state index contributed by atoms with van der Waals surface area (Å²) in [5, 5.41) is 19.6. The van der Waals surface area contributed by atoms with Gasteiger partial charge < -0.3 is 14.8 Å². The molecule has 0 aliphatic carbocycles. The standard InChI is InChI=1S/C19H16ClN5O3S/c1-27-14-5-12(6-15(8-14)28-2)18-23-19(25-24-18)29-10-17(26)22-16-7-13(20)4-3-11(16)9-21/h3-8H,10H2,1-2H3,(H,22,26)(H,23,24,25). The molecule has 0 fully saturated rings. The van der Waals surface area contributed by atoms with Crippen LogP contribution in [0.3, 0.4) is 0 Å². The summed E-state index contributed by atoms with van der Waals surface area (Å²) in [4.78, 5) is 16.6. The summed E-state index contributed by atoms with van der Waals surface area (Å²) >= 11 is 7.08. The molecule has 0 atom stereocenters. The van der Waals surface area contributed by atoms with E-state index in [2.05, 4.69) is 20.5 Å². The number of thioether (sulfide) groups is 1. The highest BCUT2D eigenvalue weighted by molar-refractivity contribution is 7.99. The Morgan fingerprint density at radius 3 is 2.62 bits per heavy atom. The van der Waals surface area contributed by atoms with Gasteiger partial charge >= 0.3 is 0 Å². The highest BCUT2D eigenvalue weighted by Gasteiger charge is 2.13. The van der Waals surface area contributed by atoms with Crippen LogP contribution in [0.15, 0.2) is 41.6 Å². The molecule has 0 saturated carbocycles. The molecule has 0 unspecified atom stereocenters. The molecule has 0 radical (unpaired) electrons. The number of anilines is 1. The van der Waals surface area contributed by atoms with E-state index in [0.717, 1.165) is 17.3 Å². The average Bonchev–Trinajstić information content (AvgIpc) is 3.21. The van der Waals surface area contributed by atoms with Crippen LogP contribution in [0.4, 0.5) is 5.69 Å². The summed E-state index contributed by atoms with van der Waals surface area (Å²) in [6, 6.07) is 12.0. The zero-order valence-electron chi connectivity index (χ0n) is 15.5. The number of carbonyl (C=O) groups is 1. The lowest BCUT2D eigenvalue weighted by molar-refractivity contribution is -0.113. The minimum absolute atomic E-state index is 0.0656. The Balaban J connectivity index is 1.66. The second-order valence-corrected chi connectivity index (χ2v) is 7.09. The van der Waals surface area contributed by atoms with Crippen molar-refractivity contribution >= 4 is 35.0 Å². The zero-order valence-corrected chi connectivity index (χ0v) is 17.1. The van der Waals surface area contributed by atoms with Gasteiger partial charge in [-0.25, -0.2) is 4.98 Å². The normalized spacial score (nSPS) is 10.3. The van der Waals surface area contributed by atoms with Crippen molar-refractivity contribution in [3.05, 3.63) is 47.0 Å². The summed E-state index contributed by atoms with van der Waals surface area (Å²) < 4.78 is 10.5. The van der Waals surface area contributed by atoms with Crippen molar-refractivity contribution in [1.29, 1.82) is 5.26 Å². The van der Waals surface area contributed by atoms with E-state index < -0.39 is 0 Å². The summed E-state index contributed by atoms with van der Waals surface area (Å²) in [5.74, 6) is 1.53. The quantitative estimate of drug-likeness (QED) is 0.550. The Morgan fingerprint density at radius 1 is 1.24 bits per heavy atom. The van der Waals surface area contributed by atoms with Crippen LogP contribution in [0, 0.1) is 11.3 Å². The Labute approximate surface area is 176 Å². The van der Waals surface area contributed by atoms with E-state index in [1.807, 2.05) is 6.07 Å². The second kappa shape index (κ2) is 9.32. The first-order valence-corrected chi connectivity index (χ1v) is 9.67. The molecule has 1 amide bonds. The number of halogens is 1. The number of rotatable bonds is 7. The molecule has 1 aromatic heterocycles. The van der Waals surface area contributed by atoms with E-state index in [9.17, 15) is 4.79 Å². The molecule has 3 rings (SSSR count). The third kappa shape index (κ3) is 5.19. The number of nitrogens with zero attached hydrogens (tertiary/aromatic N) is 3. The third-order valence-electron chi connectivity index (χ3n) is 3.80. The van der Waals surface area contributed by atoms with Gasteiger partial charge in [0.1, 0.15) is 17.6 Å². The molecule has 0 aliphatic heterocycles. The first-order valence-electron chi connectivity index (χ1n) is 8.30. The van der Waals surface area contributed by atoms with Gasteiger partial charge in [-0.1, -0.05) is 23.4 Å². The van der Waals surface area contributed by atoms with Crippen molar-refractivity contribution in [3.63, 3.8) is 0 Å². The summed E-state index contributed by atoms with van der Waals surface area (Å²) in [6.07, 6.45) is 0. The number of hydrogen-bond acceptors (Lipinski definition) is 7. The Hall–Kier alpha value is -3.22. The fraction of sp³-hybridized carbons (Fsp3) is 0.158. The molecule has 3 aromatic rings. The largest absolute Gasteiger partial charge is 0.497 e. The lowest BCUT2D eigenvalue weighted by Gasteiger charge is -2.06. The molecule has 0 aliphatic rings. The lowest BCUT2D eigenvalue weighted by atomic mass is 10.2. The summed E-state index contributed by atoms with van der Waals surface area (Å²) in [7, 11) is 3.13. The molecule has 0 bridgehead atoms. The van der Waals surface area contributed by atoms with Crippen LogP contribution >= 0.6 is 23.4 Å². The maximum atomic E-state index is 12.2. The van der Waals surface area contributed by atoms with Crippen LogP contribution in [-0.2, 0) is 4.79 Å². The Bertz CT molecular complexity index is 1060. The number of methoxy groups -OCH3 is 2. The smallest absolute Gasteiger partial charge is 0.234 e.